The van der Waals surface area contributed by atoms with Crippen LogP contribution in [0.4, 0.5) is 0 Å². The van der Waals surface area contributed by atoms with Gasteiger partial charge in [-0.3, -0.25) is 4.79 Å². The molecule has 0 aromatic carbocycles. The van der Waals surface area contributed by atoms with Crippen molar-refractivity contribution in [3.05, 3.63) is 28.1 Å². The number of hydrogen-bond acceptors (Lipinski definition) is 5. The third-order valence-corrected chi connectivity index (χ3v) is 5.53. The van der Waals surface area contributed by atoms with Crippen LogP contribution in [0.1, 0.15) is 45.4 Å². The molecule has 1 amide bonds. The molecule has 1 aliphatic carbocycles. The summed E-state index contributed by atoms with van der Waals surface area (Å²) in [6.07, 6.45) is 6.01. The molecule has 0 bridgehead atoms. The Labute approximate surface area is 144 Å². The van der Waals surface area contributed by atoms with Crippen LogP contribution in [0.5, 0.6) is 0 Å². The van der Waals surface area contributed by atoms with Gasteiger partial charge in [-0.2, -0.15) is 4.68 Å². The van der Waals surface area contributed by atoms with Crippen molar-refractivity contribution >= 4 is 17.2 Å². The average molecular weight is 349 g/mol. The maximum Gasteiger partial charge on any atom is 0.437 e. The fourth-order valence-corrected chi connectivity index (χ4v) is 3.96. The van der Waals surface area contributed by atoms with Gasteiger partial charge in [-0.25, -0.2) is 4.79 Å². The molecule has 6 nitrogen and oxygen atoms in total. The molecule has 2 unspecified atom stereocenters. The van der Waals surface area contributed by atoms with E-state index in [-0.39, 0.29) is 24.9 Å². The first-order valence-corrected chi connectivity index (χ1v) is 9.46. The Bertz CT molecular complexity index is 720. The molecule has 3 rings (SSSR count). The molecule has 130 valence electrons. The van der Waals surface area contributed by atoms with Gasteiger partial charge >= 0.3 is 5.76 Å². The second-order valence-corrected chi connectivity index (χ2v) is 7.20. The van der Waals surface area contributed by atoms with E-state index >= 15 is 0 Å². The number of carbonyl (C=O) groups excluding carboxylic acids is 1. The zero-order valence-corrected chi connectivity index (χ0v) is 14.7. The first-order chi connectivity index (χ1) is 11.7. The van der Waals surface area contributed by atoms with E-state index in [0.29, 0.717) is 11.8 Å². The van der Waals surface area contributed by atoms with E-state index in [9.17, 15) is 9.59 Å². The number of aryl methyl sites for hydroxylation is 1. The van der Waals surface area contributed by atoms with E-state index in [1.165, 1.54) is 35.3 Å². The number of nitrogens with one attached hydrogen (secondary N) is 1. The van der Waals surface area contributed by atoms with Crippen LogP contribution in [0, 0.1) is 5.92 Å². The number of carbonyl (C=O) groups is 1. The third-order valence-electron chi connectivity index (χ3n) is 4.67. The molecule has 0 aliphatic heterocycles. The van der Waals surface area contributed by atoms with Crippen molar-refractivity contribution in [1.82, 2.24) is 15.1 Å². The lowest BCUT2D eigenvalue weighted by Gasteiger charge is -2.31. The van der Waals surface area contributed by atoms with Gasteiger partial charge in [0, 0.05) is 12.5 Å². The number of rotatable bonds is 6. The summed E-state index contributed by atoms with van der Waals surface area (Å²) in [6.45, 7) is 2.42. The second kappa shape index (κ2) is 7.79. The number of nitrogens with zero attached hydrogens (tertiary/aromatic N) is 2. The molecule has 0 saturated heterocycles. The summed E-state index contributed by atoms with van der Waals surface area (Å²) in [7, 11) is 0. The molecule has 0 spiro atoms. The van der Waals surface area contributed by atoms with E-state index in [1.54, 1.807) is 0 Å². The monoisotopic (exact) mass is 349 g/mol. The minimum absolute atomic E-state index is 0.0204. The van der Waals surface area contributed by atoms with Gasteiger partial charge in [0.05, 0.1) is 11.4 Å². The molecule has 1 fully saturated rings. The van der Waals surface area contributed by atoms with Crippen molar-refractivity contribution in [2.45, 2.75) is 58.0 Å². The standard InChI is InChI=1S/C17H23N3O3S/c1-2-12-6-3-4-7-13(12)18-15(21)9-10-20-17(22)23-16(19-20)14-8-5-11-24-14/h5,8,11-13H,2-4,6-7,9-10H2,1H3,(H,18,21). The summed E-state index contributed by atoms with van der Waals surface area (Å²) in [5.74, 6) is 0.347. The topological polar surface area (TPSA) is 77.1 Å². The van der Waals surface area contributed by atoms with Crippen molar-refractivity contribution in [3.63, 3.8) is 0 Å². The Morgan fingerprint density at radius 2 is 2.29 bits per heavy atom. The highest BCUT2D eigenvalue weighted by Crippen LogP contribution is 2.26. The zero-order chi connectivity index (χ0) is 16.9. The fourth-order valence-electron chi connectivity index (χ4n) is 3.32. The fraction of sp³-hybridized carbons (Fsp3) is 0.588. The molecule has 7 heteroatoms. The molecule has 1 N–H and O–H groups in total. The maximum absolute atomic E-state index is 12.2. The number of amides is 1. The highest BCUT2D eigenvalue weighted by atomic mass is 32.1. The van der Waals surface area contributed by atoms with Crippen molar-refractivity contribution < 1.29 is 9.21 Å². The van der Waals surface area contributed by atoms with Gasteiger partial charge in [0.2, 0.25) is 5.91 Å². The van der Waals surface area contributed by atoms with Crippen LogP contribution in [-0.2, 0) is 11.3 Å². The molecule has 1 aliphatic rings. The maximum atomic E-state index is 12.2. The Morgan fingerprint density at radius 3 is 3.04 bits per heavy atom. The SMILES string of the molecule is CCC1CCCCC1NC(=O)CCn1nc(-c2cccs2)oc1=O. The molecule has 2 aromatic heterocycles. The lowest BCUT2D eigenvalue weighted by Crippen LogP contribution is -2.42. The minimum atomic E-state index is -0.518. The normalized spacial score (nSPS) is 20.9. The predicted molar refractivity (Wildman–Crippen MR) is 92.9 cm³/mol. The van der Waals surface area contributed by atoms with Crippen LogP contribution < -0.4 is 11.1 Å². The second-order valence-electron chi connectivity index (χ2n) is 6.25. The van der Waals surface area contributed by atoms with Gasteiger partial charge in [-0.15, -0.1) is 16.4 Å². The first kappa shape index (κ1) is 17.0. The predicted octanol–water partition coefficient (Wildman–Crippen LogP) is 3.04. The first-order valence-electron chi connectivity index (χ1n) is 8.58. The van der Waals surface area contributed by atoms with Crippen LogP contribution in [0.2, 0.25) is 0 Å². The summed E-state index contributed by atoms with van der Waals surface area (Å²) in [6, 6.07) is 3.99. The highest BCUT2D eigenvalue weighted by Gasteiger charge is 2.25. The summed E-state index contributed by atoms with van der Waals surface area (Å²) >= 11 is 1.46. The van der Waals surface area contributed by atoms with Crippen LogP contribution in [0.25, 0.3) is 10.8 Å². The Balaban J connectivity index is 1.55. The van der Waals surface area contributed by atoms with Gasteiger partial charge < -0.3 is 9.73 Å². The van der Waals surface area contributed by atoms with E-state index in [0.717, 1.165) is 17.7 Å². The van der Waals surface area contributed by atoms with Gasteiger partial charge in [0.25, 0.3) is 5.89 Å². The van der Waals surface area contributed by atoms with Crippen molar-refractivity contribution in [2.75, 3.05) is 0 Å². The average Bonchev–Trinajstić information content (AvgIpc) is 3.23. The zero-order valence-electron chi connectivity index (χ0n) is 13.9. The molecular weight excluding hydrogens is 326 g/mol. The molecule has 0 radical (unpaired) electrons. The van der Waals surface area contributed by atoms with Gasteiger partial charge in [-0.1, -0.05) is 32.3 Å². The molecule has 1 saturated carbocycles. The highest BCUT2D eigenvalue weighted by molar-refractivity contribution is 7.13. The molecule has 2 aromatic rings. The largest absolute Gasteiger partial charge is 0.437 e. The van der Waals surface area contributed by atoms with Crippen LogP contribution in [0.3, 0.4) is 0 Å². The molecule has 2 atom stereocenters. The van der Waals surface area contributed by atoms with Gasteiger partial charge in [-0.05, 0) is 30.2 Å². The van der Waals surface area contributed by atoms with Gasteiger partial charge in [0.15, 0.2) is 0 Å². The van der Waals surface area contributed by atoms with Crippen molar-refractivity contribution in [3.8, 4) is 10.8 Å². The van der Waals surface area contributed by atoms with Crippen LogP contribution in [0.15, 0.2) is 26.7 Å². The van der Waals surface area contributed by atoms with E-state index < -0.39 is 5.76 Å². The third kappa shape index (κ3) is 3.95. The molecular formula is C17H23N3O3S. The summed E-state index contributed by atoms with van der Waals surface area (Å²) in [4.78, 5) is 24.9. The quantitative estimate of drug-likeness (QED) is 0.869. The van der Waals surface area contributed by atoms with E-state index in [1.807, 2.05) is 17.5 Å². The number of hydrogen-bond donors (Lipinski definition) is 1. The lowest BCUT2D eigenvalue weighted by molar-refractivity contribution is -0.122. The van der Waals surface area contributed by atoms with Gasteiger partial charge in [0.1, 0.15) is 0 Å². The number of thiophene rings is 1. The number of aromatic nitrogens is 2. The Morgan fingerprint density at radius 1 is 1.46 bits per heavy atom. The summed E-state index contributed by atoms with van der Waals surface area (Å²) in [5, 5.41) is 9.20. The summed E-state index contributed by atoms with van der Waals surface area (Å²) < 4.78 is 6.38. The molecule has 24 heavy (non-hydrogen) atoms. The van der Waals surface area contributed by atoms with Crippen molar-refractivity contribution in [2.24, 2.45) is 5.92 Å². The summed E-state index contributed by atoms with van der Waals surface area (Å²) in [5.41, 5.74) is 0. The van der Waals surface area contributed by atoms with Crippen LogP contribution in [-0.4, -0.2) is 21.7 Å². The van der Waals surface area contributed by atoms with Crippen LogP contribution >= 0.6 is 11.3 Å². The van der Waals surface area contributed by atoms with E-state index in [4.69, 9.17) is 4.42 Å². The minimum Gasteiger partial charge on any atom is -0.387 e. The van der Waals surface area contributed by atoms with Crippen molar-refractivity contribution in [1.29, 1.82) is 0 Å². The van der Waals surface area contributed by atoms with E-state index in [2.05, 4.69) is 17.3 Å². The molecule has 2 heterocycles. The Kier molecular flexibility index (Phi) is 5.50. The Hall–Kier alpha value is -1.89. The smallest absolute Gasteiger partial charge is 0.387 e. The lowest BCUT2D eigenvalue weighted by atomic mass is 9.83.